The summed E-state index contributed by atoms with van der Waals surface area (Å²) in [5.41, 5.74) is 2.47. The van der Waals surface area contributed by atoms with Crippen LogP contribution in [0.4, 0.5) is 10.8 Å². The van der Waals surface area contributed by atoms with Gasteiger partial charge < -0.3 is 16.0 Å². The van der Waals surface area contributed by atoms with Crippen LogP contribution in [0.5, 0.6) is 0 Å². The standard InChI is InChI=1S/C15H18N4O2S.ClH/c1-10(20)17-12-5-3-11(4-6-12)13-9-22-15(18-13)19-14(21)7-8-16-2;/h3-6,9,16H,7-8H2,1-2H3,(H,17,20)(H,18,19,21);1H. The highest BCUT2D eigenvalue weighted by Gasteiger charge is 2.08. The molecule has 0 spiro atoms. The van der Waals surface area contributed by atoms with E-state index in [4.69, 9.17) is 0 Å². The first-order valence-electron chi connectivity index (χ1n) is 6.86. The van der Waals surface area contributed by atoms with Gasteiger partial charge in [0.25, 0.3) is 0 Å². The number of nitrogens with one attached hydrogen (secondary N) is 3. The normalized spacial score (nSPS) is 9.83. The van der Waals surface area contributed by atoms with Gasteiger partial charge in [-0.2, -0.15) is 0 Å². The Morgan fingerprint density at radius 3 is 2.48 bits per heavy atom. The lowest BCUT2D eigenvalue weighted by atomic mass is 10.1. The highest BCUT2D eigenvalue weighted by Crippen LogP contribution is 2.26. The summed E-state index contributed by atoms with van der Waals surface area (Å²) in [5, 5.41) is 10.9. The molecule has 2 aromatic rings. The van der Waals surface area contributed by atoms with Crippen molar-refractivity contribution in [1.82, 2.24) is 10.3 Å². The smallest absolute Gasteiger partial charge is 0.227 e. The van der Waals surface area contributed by atoms with Crippen LogP contribution in [0.25, 0.3) is 11.3 Å². The molecule has 0 atom stereocenters. The first-order valence-corrected chi connectivity index (χ1v) is 7.74. The van der Waals surface area contributed by atoms with Gasteiger partial charge in [0.05, 0.1) is 5.69 Å². The van der Waals surface area contributed by atoms with Crippen molar-refractivity contribution in [3.05, 3.63) is 29.6 Å². The molecule has 0 fully saturated rings. The molecule has 124 valence electrons. The van der Waals surface area contributed by atoms with Crippen LogP contribution in [0.1, 0.15) is 13.3 Å². The molecule has 1 heterocycles. The highest BCUT2D eigenvalue weighted by molar-refractivity contribution is 7.14. The summed E-state index contributed by atoms with van der Waals surface area (Å²) in [5.74, 6) is -0.163. The number of amides is 2. The summed E-state index contributed by atoms with van der Waals surface area (Å²) in [4.78, 5) is 27.0. The van der Waals surface area contributed by atoms with Gasteiger partial charge in [-0.15, -0.1) is 23.7 Å². The monoisotopic (exact) mass is 354 g/mol. The molecule has 23 heavy (non-hydrogen) atoms. The summed E-state index contributed by atoms with van der Waals surface area (Å²) in [6.45, 7) is 2.10. The topological polar surface area (TPSA) is 83.1 Å². The van der Waals surface area contributed by atoms with Crippen molar-refractivity contribution in [3.63, 3.8) is 0 Å². The number of benzene rings is 1. The molecule has 2 amide bonds. The number of carbonyl (C=O) groups is 2. The van der Waals surface area contributed by atoms with E-state index in [1.807, 2.05) is 29.6 Å². The zero-order chi connectivity index (χ0) is 15.9. The van der Waals surface area contributed by atoms with Gasteiger partial charge in [0, 0.05) is 36.5 Å². The Labute approximate surface area is 145 Å². The fourth-order valence-electron chi connectivity index (χ4n) is 1.81. The van der Waals surface area contributed by atoms with E-state index in [9.17, 15) is 9.59 Å². The number of anilines is 2. The molecule has 0 saturated heterocycles. The van der Waals surface area contributed by atoms with Gasteiger partial charge in [-0.3, -0.25) is 9.59 Å². The van der Waals surface area contributed by atoms with Crippen molar-refractivity contribution < 1.29 is 9.59 Å². The lowest BCUT2D eigenvalue weighted by Gasteiger charge is -2.03. The van der Waals surface area contributed by atoms with Crippen LogP contribution in [-0.4, -0.2) is 30.4 Å². The van der Waals surface area contributed by atoms with Crippen molar-refractivity contribution in [2.75, 3.05) is 24.2 Å². The van der Waals surface area contributed by atoms with E-state index in [0.717, 1.165) is 16.9 Å². The third-order valence-corrected chi connectivity index (χ3v) is 3.61. The van der Waals surface area contributed by atoms with Gasteiger partial charge in [-0.05, 0) is 19.2 Å². The second kappa shape index (κ2) is 9.24. The van der Waals surface area contributed by atoms with Crippen LogP contribution in [0, 0.1) is 0 Å². The second-order valence-corrected chi connectivity index (χ2v) is 5.56. The largest absolute Gasteiger partial charge is 0.326 e. The number of rotatable bonds is 6. The Balaban J connectivity index is 0.00000264. The molecule has 0 aliphatic rings. The SMILES string of the molecule is CNCCC(=O)Nc1nc(-c2ccc(NC(C)=O)cc2)cs1.Cl. The average Bonchev–Trinajstić information content (AvgIpc) is 2.93. The molecule has 3 N–H and O–H groups in total. The fraction of sp³-hybridized carbons (Fsp3) is 0.267. The van der Waals surface area contributed by atoms with E-state index in [0.29, 0.717) is 18.1 Å². The summed E-state index contributed by atoms with van der Waals surface area (Å²) in [7, 11) is 1.80. The van der Waals surface area contributed by atoms with E-state index in [1.54, 1.807) is 7.05 Å². The maximum atomic E-state index is 11.6. The number of carbonyl (C=O) groups excluding carboxylic acids is 2. The minimum Gasteiger partial charge on any atom is -0.326 e. The Morgan fingerprint density at radius 1 is 1.17 bits per heavy atom. The minimum absolute atomic E-state index is 0. The summed E-state index contributed by atoms with van der Waals surface area (Å²) in [6.07, 6.45) is 0.414. The van der Waals surface area contributed by atoms with E-state index < -0.39 is 0 Å². The molecule has 2 rings (SSSR count). The van der Waals surface area contributed by atoms with Crippen molar-refractivity contribution in [3.8, 4) is 11.3 Å². The minimum atomic E-state index is -0.104. The van der Waals surface area contributed by atoms with E-state index >= 15 is 0 Å². The third-order valence-electron chi connectivity index (χ3n) is 2.85. The molecule has 0 radical (unpaired) electrons. The zero-order valence-electron chi connectivity index (χ0n) is 12.9. The quantitative estimate of drug-likeness (QED) is 0.744. The maximum Gasteiger partial charge on any atom is 0.227 e. The van der Waals surface area contributed by atoms with Gasteiger partial charge in [0.2, 0.25) is 11.8 Å². The van der Waals surface area contributed by atoms with Crippen LogP contribution in [0.15, 0.2) is 29.6 Å². The van der Waals surface area contributed by atoms with Gasteiger partial charge in [0.15, 0.2) is 5.13 Å². The molecule has 0 aliphatic heterocycles. The number of aromatic nitrogens is 1. The lowest BCUT2D eigenvalue weighted by Crippen LogP contribution is -2.18. The Kier molecular flexibility index (Phi) is 7.67. The zero-order valence-corrected chi connectivity index (χ0v) is 14.5. The molecule has 1 aromatic heterocycles. The highest BCUT2D eigenvalue weighted by atomic mass is 35.5. The number of hydrogen-bond acceptors (Lipinski definition) is 5. The Hall–Kier alpha value is -1.96. The Morgan fingerprint density at radius 2 is 1.87 bits per heavy atom. The van der Waals surface area contributed by atoms with Crippen LogP contribution >= 0.6 is 23.7 Å². The van der Waals surface area contributed by atoms with E-state index in [1.165, 1.54) is 18.3 Å². The summed E-state index contributed by atoms with van der Waals surface area (Å²) in [6, 6.07) is 7.41. The van der Waals surface area contributed by atoms with Gasteiger partial charge >= 0.3 is 0 Å². The molecule has 0 bridgehead atoms. The van der Waals surface area contributed by atoms with Gasteiger partial charge in [-0.1, -0.05) is 12.1 Å². The predicted octanol–water partition coefficient (Wildman–Crippen LogP) is 2.74. The van der Waals surface area contributed by atoms with Crippen molar-refractivity contribution in [2.24, 2.45) is 0 Å². The van der Waals surface area contributed by atoms with Crippen LogP contribution in [0.3, 0.4) is 0 Å². The molecular formula is C15H19ClN4O2S. The summed E-state index contributed by atoms with van der Waals surface area (Å²) >= 11 is 1.39. The van der Waals surface area contributed by atoms with Crippen molar-refractivity contribution in [2.45, 2.75) is 13.3 Å². The summed E-state index contributed by atoms with van der Waals surface area (Å²) < 4.78 is 0. The van der Waals surface area contributed by atoms with Gasteiger partial charge in [-0.25, -0.2) is 4.98 Å². The van der Waals surface area contributed by atoms with Gasteiger partial charge in [0.1, 0.15) is 0 Å². The maximum absolute atomic E-state index is 11.6. The number of hydrogen-bond donors (Lipinski definition) is 3. The molecule has 0 aliphatic carbocycles. The fourth-order valence-corrected chi connectivity index (χ4v) is 2.55. The van der Waals surface area contributed by atoms with Crippen molar-refractivity contribution in [1.29, 1.82) is 0 Å². The first-order chi connectivity index (χ1) is 10.6. The average molecular weight is 355 g/mol. The number of halogens is 1. The first kappa shape index (κ1) is 19.1. The molecule has 8 heteroatoms. The van der Waals surface area contributed by atoms with Crippen LogP contribution < -0.4 is 16.0 Å². The molecular weight excluding hydrogens is 336 g/mol. The molecule has 0 saturated carbocycles. The van der Waals surface area contributed by atoms with Crippen LogP contribution in [-0.2, 0) is 9.59 Å². The molecule has 1 aromatic carbocycles. The second-order valence-electron chi connectivity index (χ2n) is 4.70. The predicted molar refractivity (Wildman–Crippen MR) is 96.3 cm³/mol. The molecule has 0 unspecified atom stereocenters. The van der Waals surface area contributed by atoms with E-state index in [-0.39, 0.29) is 24.2 Å². The third kappa shape index (κ3) is 5.97. The molecule has 6 nitrogen and oxygen atoms in total. The number of thiazole rings is 1. The lowest BCUT2D eigenvalue weighted by molar-refractivity contribution is -0.116. The van der Waals surface area contributed by atoms with Crippen LogP contribution in [0.2, 0.25) is 0 Å². The Bertz CT molecular complexity index is 658. The van der Waals surface area contributed by atoms with E-state index in [2.05, 4.69) is 20.9 Å². The number of nitrogens with zero attached hydrogens (tertiary/aromatic N) is 1. The van der Waals surface area contributed by atoms with Crippen molar-refractivity contribution >= 4 is 46.4 Å².